The van der Waals surface area contributed by atoms with E-state index in [0.29, 0.717) is 51.9 Å². The molecule has 0 bridgehead atoms. The quantitative estimate of drug-likeness (QED) is 0.141. The van der Waals surface area contributed by atoms with E-state index in [1.165, 1.54) is 9.80 Å². The largest absolute Gasteiger partial charge is 0.481 e. The number of aliphatic hydroxyl groups is 1. The number of likely N-dealkylation sites (N-methyl/N-ethyl adjacent to an activating group) is 1. The SMILES string of the molecule is Cc1ncsc1-c1ccc(N(C)C(=O)[C@@H]2C[C@@H](O)CN2C(=O)[C@@H](NC(=O)CCOCCOCCOCCOCCOCCC(=O)O)C(C)(C)C)cc1. The molecular formula is C36H54N4O11S. The molecule has 1 aliphatic heterocycles. The number of carboxylic acid groups (broad SMARTS) is 1. The van der Waals surface area contributed by atoms with Crippen LogP contribution >= 0.6 is 11.3 Å². The third kappa shape index (κ3) is 14.1. The molecule has 16 heteroatoms. The van der Waals surface area contributed by atoms with E-state index in [4.69, 9.17) is 28.8 Å². The number of rotatable bonds is 23. The van der Waals surface area contributed by atoms with Crippen LogP contribution in [0.3, 0.4) is 0 Å². The molecule has 1 fully saturated rings. The summed E-state index contributed by atoms with van der Waals surface area (Å²) in [6, 6.07) is 5.74. The lowest BCUT2D eigenvalue weighted by Gasteiger charge is -2.36. The number of amides is 3. The van der Waals surface area contributed by atoms with E-state index in [0.717, 1.165) is 16.1 Å². The minimum absolute atomic E-state index is 0.00986. The number of aromatic nitrogens is 1. The Bertz CT molecular complexity index is 1420. The number of hydrogen-bond acceptors (Lipinski definition) is 12. The van der Waals surface area contributed by atoms with Crippen molar-refractivity contribution < 1.29 is 53.1 Å². The van der Waals surface area contributed by atoms with Crippen LogP contribution in [0.2, 0.25) is 0 Å². The Morgan fingerprint density at radius 2 is 1.42 bits per heavy atom. The first-order chi connectivity index (χ1) is 24.8. The first-order valence-electron chi connectivity index (χ1n) is 17.5. The van der Waals surface area contributed by atoms with E-state index in [-0.39, 0.29) is 57.4 Å². The van der Waals surface area contributed by atoms with Crippen LogP contribution < -0.4 is 10.2 Å². The smallest absolute Gasteiger partial charge is 0.305 e. The van der Waals surface area contributed by atoms with Crippen molar-refractivity contribution in [1.82, 2.24) is 15.2 Å². The van der Waals surface area contributed by atoms with E-state index >= 15 is 0 Å². The van der Waals surface area contributed by atoms with Gasteiger partial charge in [-0.1, -0.05) is 32.9 Å². The molecule has 1 aliphatic rings. The summed E-state index contributed by atoms with van der Waals surface area (Å²) in [4.78, 5) is 59.2. The monoisotopic (exact) mass is 750 g/mol. The standard InChI is InChI=1S/C36H54N4O11S/c1-25-32(52-24-37-25)26-6-8-27(9-7-26)39(5)34(45)29-22-28(41)23-40(29)35(46)33(36(2,3)4)38-30(42)10-12-47-14-16-49-18-20-51-21-19-50-17-15-48-13-11-31(43)44/h6-9,24,28-29,33,41H,10-23H2,1-5H3,(H,38,42)(H,43,44)/t28-,29+,33-/m1/s1. The van der Waals surface area contributed by atoms with Crippen LogP contribution in [0.4, 0.5) is 5.69 Å². The number of carbonyl (C=O) groups is 4. The van der Waals surface area contributed by atoms with Gasteiger partial charge in [-0.05, 0) is 30.0 Å². The number of β-amino-alcohol motifs (C(OH)–C–C–N with tert-alkyl or cyclic N) is 1. The van der Waals surface area contributed by atoms with Gasteiger partial charge in [0.05, 0.1) is 94.7 Å². The number of aryl methyl sites for hydroxylation is 1. The number of carboxylic acids is 1. The molecule has 2 heterocycles. The number of thiazole rings is 1. The van der Waals surface area contributed by atoms with Crippen LogP contribution in [0.15, 0.2) is 29.8 Å². The number of hydrogen-bond donors (Lipinski definition) is 3. The average Bonchev–Trinajstić information content (AvgIpc) is 3.72. The molecule has 0 unspecified atom stereocenters. The second kappa shape index (κ2) is 21.9. The molecule has 1 aromatic heterocycles. The van der Waals surface area contributed by atoms with Gasteiger partial charge in [0.15, 0.2) is 0 Å². The van der Waals surface area contributed by atoms with Crippen molar-refractivity contribution in [2.24, 2.45) is 5.41 Å². The Hall–Kier alpha value is -3.51. The molecule has 0 spiro atoms. The van der Waals surface area contributed by atoms with Gasteiger partial charge in [-0.2, -0.15) is 0 Å². The summed E-state index contributed by atoms with van der Waals surface area (Å²) in [6.45, 7) is 10.5. The highest BCUT2D eigenvalue weighted by Gasteiger charge is 2.45. The molecule has 0 saturated carbocycles. The topological polar surface area (TPSA) is 186 Å². The molecule has 0 radical (unpaired) electrons. The number of aliphatic carboxylic acids is 1. The first kappa shape index (κ1) is 42.9. The normalized spacial score (nSPS) is 16.5. The summed E-state index contributed by atoms with van der Waals surface area (Å²) in [7, 11) is 1.65. The Morgan fingerprint density at radius 3 is 1.90 bits per heavy atom. The zero-order valence-corrected chi connectivity index (χ0v) is 31.7. The van der Waals surface area contributed by atoms with Gasteiger partial charge in [0, 0.05) is 32.1 Å². The summed E-state index contributed by atoms with van der Waals surface area (Å²) < 4.78 is 26.9. The molecule has 15 nitrogen and oxygen atoms in total. The van der Waals surface area contributed by atoms with E-state index in [9.17, 15) is 24.3 Å². The van der Waals surface area contributed by atoms with Gasteiger partial charge in [-0.3, -0.25) is 19.2 Å². The minimum atomic E-state index is -0.932. The zero-order chi connectivity index (χ0) is 38.1. The maximum Gasteiger partial charge on any atom is 0.305 e. The average molecular weight is 751 g/mol. The summed E-state index contributed by atoms with van der Waals surface area (Å²) in [5, 5.41) is 21.9. The minimum Gasteiger partial charge on any atom is -0.481 e. The molecule has 3 N–H and O–H groups in total. The van der Waals surface area contributed by atoms with E-state index in [2.05, 4.69) is 10.3 Å². The fraction of sp³-hybridized carbons (Fsp3) is 0.639. The van der Waals surface area contributed by atoms with Crippen molar-refractivity contribution in [3.63, 3.8) is 0 Å². The summed E-state index contributed by atoms with van der Waals surface area (Å²) >= 11 is 1.55. The third-order valence-electron chi connectivity index (χ3n) is 8.28. The number of ether oxygens (including phenoxy) is 5. The Labute approximate surface area is 309 Å². The molecule has 3 atom stereocenters. The summed E-state index contributed by atoms with van der Waals surface area (Å²) in [5.74, 6) is -2.02. The maximum absolute atomic E-state index is 13.9. The van der Waals surface area contributed by atoms with Crippen LogP contribution in [0.1, 0.15) is 45.7 Å². The van der Waals surface area contributed by atoms with Gasteiger partial charge in [-0.15, -0.1) is 11.3 Å². The van der Waals surface area contributed by atoms with Crippen LogP contribution in [-0.4, -0.2) is 142 Å². The Balaban J connectivity index is 1.37. The zero-order valence-electron chi connectivity index (χ0n) is 30.8. The van der Waals surface area contributed by atoms with Crippen molar-refractivity contribution in [2.45, 2.75) is 65.1 Å². The van der Waals surface area contributed by atoms with Crippen molar-refractivity contribution in [3.8, 4) is 10.4 Å². The molecule has 290 valence electrons. The molecule has 3 rings (SSSR count). The maximum atomic E-state index is 13.9. The van der Waals surface area contributed by atoms with Crippen molar-refractivity contribution in [1.29, 1.82) is 0 Å². The van der Waals surface area contributed by atoms with Gasteiger partial charge < -0.3 is 49.0 Å². The van der Waals surface area contributed by atoms with Gasteiger partial charge in [-0.25, -0.2) is 4.98 Å². The van der Waals surface area contributed by atoms with Gasteiger partial charge in [0.25, 0.3) is 0 Å². The lowest BCUT2D eigenvalue weighted by Crippen LogP contribution is -2.58. The lowest BCUT2D eigenvalue weighted by atomic mass is 9.85. The van der Waals surface area contributed by atoms with Gasteiger partial charge >= 0.3 is 5.97 Å². The second-order valence-electron chi connectivity index (χ2n) is 13.4. The number of benzene rings is 1. The molecule has 52 heavy (non-hydrogen) atoms. The molecule has 1 saturated heterocycles. The highest BCUT2D eigenvalue weighted by atomic mass is 32.1. The number of anilines is 1. The molecule has 2 aromatic rings. The predicted molar refractivity (Wildman–Crippen MR) is 194 cm³/mol. The number of nitrogens with zero attached hydrogens (tertiary/aromatic N) is 3. The lowest BCUT2D eigenvalue weighted by molar-refractivity contribution is -0.143. The third-order valence-corrected chi connectivity index (χ3v) is 9.26. The van der Waals surface area contributed by atoms with Gasteiger partial charge in [0.2, 0.25) is 17.7 Å². The molecule has 3 amide bonds. The van der Waals surface area contributed by atoms with Crippen molar-refractivity contribution in [2.75, 3.05) is 84.6 Å². The second-order valence-corrected chi connectivity index (χ2v) is 14.3. The highest BCUT2D eigenvalue weighted by Crippen LogP contribution is 2.31. The van der Waals surface area contributed by atoms with Crippen LogP contribution in [0.25, 0.3) is 10.4 Å². The van der Waals surface area contributed by atoms with Crippen LogP contribution in [-0.2, 0) is 42.9 Å². The molecule has 1 aromatic carbocycles. The number of carbonyl (C=O) groups excluding carboxylic acids is 3. The van der Waals surface area contributed by atoms with E-state index in [1.807, 2.05) is 52.0 Å². The van der Waals surface area contributed by atoms with E-state index in [1.54, 1.807) is 23.9 Å². The highest BCUT2D eigenvalue weighted by molar-refractivity contribution is 7.13. The van der Waals surface area contributed by atoms with Crippen LogP contribution in [0.5, 0.6) is 0 Å². The predicted octanol–water partition coefficient (Wildman–Crippen LogP) is 2.52. The number of likely N-dealkylation sites (tertiary alicyclic amines) is 1. The Kier molecular flexibility index (Phi) is 18.1. The number of nitrogens with one attached hydrogen (secondary N) is 1. The fourth-order valence-corrected chi connectivity index (χ4v) is 6.22. The van der Waals surface area contributed by atoms with Crippen LogP contribution in [0, 0.1) is 12.3 Å². The Morgan fingerprint density at radius 1 is 0.904 bits per heavy atom. The van der Waals surface area contributed by atoms with Crippen molar-refractivity contribution >= 4 is 40.7 Å². The van der Waals surface area contributed by atoms with E-state index < -0.39 is 35.5 Å². The first-order valence-corrected chi connectivity index (χ1v) is 18.3. The fourth-order valence-electron chi connectivity index (χ4n) is 5.41. The van der Waals surface area contributed by atoms with Crippen molar-refractivity contribution in [3.05, 3.63) is 35.5 Å². The number of aliphatic hydroxyl groups excluding tert-OH is 1. The van der Waals surface area contributed by atoms with Gasteiger partial charge in [0.1, 0.15) is 12.1 Å². The molecular weight excluding hydrogens is 696 g/mol. The molecule has 0 aliphatic carbocycles. The summed E-state index contributed by atoms with van der Waals surface area (Å²) in [6.07, 6.45) is -0.779. The summed E-state index contributed by atoms with van der Waals surface area (Å²) in [5.41, 5.74) is 3.70.